The predicted molar refractivity (Wildman–Crippen MR) is 106 cm³/mol. The Labute approximate surface area is 179 Å². The number of nitrogens with zero attached hydrogens (tertiary/aromatic N) is 1. The molecule has 10 heteroatoms. The second kappa shape index (κ2) is 7.10. The zero-order valence-electron chi connectivity index (χ0n) is 17.0. The fourth-order valence-corrected chi connectivity index (χ4v) is 6.21. The van der Waals surface area contributed by atoms with Crippen LogP contribution in [0.2, 0.25) is 0 Å². The number of ether oxygens (including phenoxy) is 1. The van der Waals surface area contributed by atoms with E-state index < -0.39 is 39.2 Å². The summed E-state index contributed by atoms with van der Waals surface area (Å²) >= 11 is 0. The molecule has 6 nitrogen and oxygen atoms in total. The van der Waals surface area contributed by atoms with Crippen molar-refractivity contribution in [2.24, 2.45) is 11.3 Å². The first-order valence-electron chi connectivity index (χ1n) is 10.8. The zero-order chi connectivity index (χ0) is 22.0. The number of amides is 1. The molecule has 1 heterocycles. The maximum atomic E-state index is 14.8. The number of rotatable bonds is 7. The van der Waals surface area contributed by atoms with E-state index in [1.165, 1.54) is 6.07 Å². The Morgan fingerprint density at radius 3 is 2.52 bits per heavy atom. The van der Waals surface area contributed by atoms with Gasteiger partial charge in [-0.2, -0.15) is 12.7 Å². The van der Waals surface area contributed by atoms with Gasteiger partial charge in [-0.1, -0.05) is 12.8 Å². The van der Waals surface area contributed by atoms with Gasteiger partial charge in [0.1, 0.15) is 18.2 Å². The lowest BCUT2D eigenvalue weighted by Gasteiger charge is -2.29. The van der Waals surface area contributed by atoms with Crippen LogP contribution in [0, 0.1) is 17.2 Å². The van der Waals surface area contributed by atoms with Crippen LogP contribution in [0.5, 0.6) is 5.75 Å². The number of carbonyl (C=O) groups is 1. The largest absolute Gasteiger partial charge is 0.492 e. The lowest BCUT2D eigenvalue weighted by atomic mass is 9.89. The van der Waals surface area contributed by atoms with Crippen LogP contribution in [0.25, 0.3) is 0 Å². The van der Waals surface area contributed by atoms with Crippen LogP contribution < -0.4 is 9.46 Å². The van der Waals surface area contributed by atoms with Crippen molar-refractivity contribution in [2.45, 2.75) is 56.8 Å². The minimum absolute atomic E-state index is 0.0495. The molecule has 1 aliphatic heterocycles. The van der Waals surface area contributed by atoms with Crippen LogP contribution >= 0.6 is 0 Å². The van der Waals surface area contributed by atoms with Crippen molar-refractivity contribution >= 4 is 16.1 Å². The van der Waals surface area contributed by atoms with E-state index in [0.29, 0.717) is 37.9 Å². The molecule has 0 radical (unpaired) electrons. The fraction of sp³-hybridized carbons (Fsp3) is 0.667. The maximum Gasteiger partial charge on any atom is 0.304 e. The van der Waals surface area contributed by atoms with Crippen molar-refractivity contribution < 1.29 is 31.1 Å². The van der Waals surface area contributed by atoms with Crippen LogP contribution in [0.4, 0.5) is 13.2 Å². The SMILES string of the molecule is O=C(NS(=O)(=O)N1CCC1)c1cc(C2CC2)c(OC[C@]23CCCC[C@H]2C3(F)F)cc1F. The summed E-state index contributed by atoms with van der Waals surface area (Å²) in [5.74, 6) is -5.20. The molecule has 3 aliphatic carbocycles. The minimum atomic E-state index is -4.00. The molecule has 0 unspecified atom stereocenters. The number of benzene rings is 1. The summed E-state index contributed by atoms with van der Waals surface area (Å²) in [4.78, 5) is 12.5. The average Bonchev–Trinajstić information content (AvgIpc) is 3.55. The summed E-state index contributed by atoms with van der Waals surface area (Å²) < 4.78 is 76.6. The van der Waals surface area contributed by atoms with Crippen molar-refractivity contribution in [1.29, 1.82) is 0 Å². The van der Waals surface area contributed by atoms with E-state index in [0.717, 1.165) is 36.1 Å². The molecule has 170 valence electrons. The van der Waals surface area contributed by atoms with E-state index in [4.69, 9.17) is 4.74 Å². The van der Waals surface area contributed by atoms with Gasteiger partial charge < -0.3 is 4.74 Å². The first-order valence-corrected chi connectivity index (χ1v) is 12.3. The molecule has 1 amide bonds. The molecule has 4 fully saturated rings. The van der Waals surface area contributed by atoms with Gasteiger partial charge in [0.05, 0.1) is 11.0 Å². The standard InChI is InChI=1S/C21H25F3N2O4S/c22-16-11-17(30-12-20-7-2-1-4-18(20)21(20,23)24)14(13-5-6-13)10-15(16)19(27)25-31(28,29)26-8-3-9-26/h10-11,13,18H,1-9,12H2,(H,25,27)/t18-,20-/m1/s1. The van der Waals surface area contributed by atoms with Crippen molar-refractivity contribution in [3.8, 4) is 5.75 Å². The van der Waals surface area contributed by atoms with Gasteiger partial charge in [-0.15, -0.1) is 0 Å². The fourth-order valence-electron chi connectivity index (χ4n) is 5.00. The lowest BCUT2D eigenvalue weighted by Crippen LogP contribution is -2.49. The van der Waals surface area contributed by atoms with Crippen LogP contribution in [-0.4, -0.2) is 44.2 Å². The van der Waals surface area contributed by atoms with Gasteiger partial charge in [-0.25, -0.2) is 17.9 Å². The summed E-state index contributed by atoms with van der Waals surface area (Å²) in [5.41, 5.74) is -0.992. The number of hydrogen-bond acceptors (Lipinski definition) is 4. The number of halogens is 3. The monoisotopic (exact) mass is 458 g/mol. The highest BCUT2D eigenvalue weighted by atomic mass is 32.2. The van der Waals surface area contributed by atoms with Crippen molar-refractivity contribution in [1.82, 2.24) is 9.03 Å². The van der Waals surface area contributed by atoms with Gasteiger partial charge in [-0.05, 0) is 49.7 Å². The molecule has 4 aliphatic rings. The topological polar surface area (TPSA) is 75.7 Å². The van der Waals surface area contributed by atoms with Crippen molar-refractivity contribution in [3.63, 3.8) is 0 Å². The summed E-state index contributed by atoms with van der Waals surface area (Å²) in [5, 5.41) is 0. The number of carbonyl (C=O) groups excluding carboxylic acids is 1. The van der Waals surface area contributed by atoms with E-state index >= 15 is 0 Å². The molecule has 0 aromatic heterocycles. The molecule has 31 heavy (non-hydrogen) atoms. The molecule has 1 aromatic rings. The molecular weight excluding hydrogens is 433 g/mol. The summed E-state index contributed by atoms with van der Waals surface area (Å²) in [6.07, 6.45) is 4.73. The number of fused-ring (bicyclic) bond motifs is 1. The van der Waals surface area contributed by atoms with Crippen LogP contribution in [0.1, 0.15) is 66.8 Å². The highest BCUT2D eigenvalue weighted by molar-refractivity contribution is 7.87. The van der Waals surface area contributed by atoms with E-state index in [2.05, 4.69) is 0 Å². The number of nitrogens with one attached hydrogen (secondary N) is 1. The second-order valence-corrected chi connectivity index (χ2v) is 10.9. The molecule has 0 spiro atoms. The molecule has 1 saturated heterocycles. The molecule has 0 bridgehead atoms. The highest BCUT2D eigenvalue weighted by Gasteiger charge is 2.80. The van der Waals surface area contributed by atoms with E-state index in [1.54, 1.807) is 0 Å². The van der Waals surface area contributed by atoms with Crippen LogP contribution in [-0.2, 0) is 10.2 Å². The summed E-state index contributed by atoms with van der Waals surface area (Å²) in [6, 6.07) is 2.35. The predicted octanol–water partition coefficient (Wildman–Crippen LogP) is 3.59. The number of hydrogen-bond donors (Lipinski definition) is 1. The Morgan fingerprint density at radius 1 is 1.16 bits per heavy atom. The van der Waals surface area contributed by atoms with Gasteiger partial charge in [0.2, 0.25) is 0 Å². The highest BCUT2D eigenvalue weighted by Crippen LogP contribution is 2.72. The summed E-state index contributed by atoms with van der Waals surface area (Å²) in [7, 11) is -4.00. The first-order chi connectivity index (χ1) is 14.7. The Bertz CT molecular complexity index is 1020. The second-order valence-electron chi connectivity index (χ2n) is 9.20. The van der Waals surface area contributed by atoms with Gasteiger partial charge in [0.25, 0.3) is 11.8 Å². The smallest absolute Gasteiger partial charge is 0.304 e. The Kier molecular flexibility index (Phi) is 4.82. The van der Waals surface area contributed by atoms with E-state index in [1.807, 2.05) is 4.72 Å². The van der Waals surface area contributed by atoms with Crippen molar-refractivity contribution in [3.05, 3.63) is 29.1 Å². The van der Waals surface area contributed by atoms with Gasteiger partial charge in [0.15, 0.2) is 0 Å². The van der Waals surface area contributed by atoms with E-state index in [9.17, 15) is 26.4 Å². The maximum absolute atomic E-state index is 14.8. The quantitative estimate of drug-likeness (QED) is 0.678. The summed E-state index contributed by atoms with van der Waals surface area (Å²) in [6.45, 7) is 0.454. The molecule has 1 N–H and O–H groups in total. The molecule has 2 atom stereocenters. The van der Waals surface area contributed by atoms with Gasteiger partial charge in [0, 0.05) is 25.1 Å². The van der Waals surface area contributed by atoms with Crippen molar-refractivity contribution in [2.75, 3.05) is 19.7 Å². The van der Waals surface area contributed by atoms with Crippen LogP contribution in [0.15, 0.2) is 12.1 Å². The lowest BCUT2D eigenvalue weighted by molar-refractivity contribution is 0.0368. The molecular formula is C21H25F3N2O4S. The van der Waals surface area contributed by atoms with Gasteiger partial charge in [-0.3, -0.25) is 4.79 Å². The number of alkyl halides is 2. The minimum Gasteiger partial charge on any atom is -0.492 e. The Balaban J connectivity index is 1.36. The Morgan fingerprint density at radius 2 is 1.90 bits per heavy atom. The third kappa shape index (κ3) is 3.42. The van der Waals surface area contributed by atoms with Gasteiger partial charge >= 0.3 is 10.2 Å². The third-order valence-electron chi connectivity index (χ3n) is 7.27. The molecule has 5 rings (SSSR count). The van der Waals surface area contributed by atoms with Crippen LogP contribution in [0.3, 0.4) is 0 Å². The molecule has 1 aromatic carbocycles. The van der Waals surface area contributed by atoms with E-state index in [-0.39, 0.29) is 23.8 Å². The third-order valence-corrected chi connectivity index (χ3v) is 8.76. The Hall–Kier alpha value is -1.81. The normalized spacial score (nSPS) is 29.6. The first kappa shape index (κ1) is 21.1. The molecule has 3 saturated carbocycles. The average molecular weight is 459 g/mol. The zero-order valence-corrected chi connectivity index (χ0v) is 17.8.